The molecule has 1 aromatic carbocycles. The summed E-state index contributed by atoms with van der Waals surface area (Å²) in [5, 5.41) is 6.81. The molecular weight excluding hydrogens is 320 g/mol. The highest BCUT2D eigenvalue weighted by Crippen LogP contribution is 2.08. The van der Waals surface area contributed by atoms with Gasteiger partial charge in [0, 0.05) is 24.9 Å². The third-order valence-corrected chi connectivity index (χ3v) is 3.65. The zero-order valence-electron chi connectivity index (χ0n) is 13.8. The summed E-state index contributed by atoms with van der Waals surface area (Å²) in [6.07, 6.45) is 1.53. The topological polar surface area (TPSA) is 86.0 Å². The normalized spacial score (nSPS) is 10.5. The Balaban J connectivity index is 1.93. The molecule has 1 N–H and O–H groups in total. The first-order valence-corrected chi connectivity index (χ1v) is 7.60. The average Bonchev–Trinajstić information content (AvgIpc) is 2.60. The van der Waals surface area contributed by atoms with Gasteiger partial charge in [-0.1, -0.05) is 18.2 Å². The van der Waals surface area contributed by atoms with Crippen LogP contribution in [0.2, 0.25) is 0 Å². The van der Waals surface area contributed by atoms with Crippen molar-refractivity contribution in [2.45, 2.75) is 6.92 Å². The van der Waals surface area contributed by atoms with E-state index in [0.717, 1.165) is 0 Å². The Bertz CT molecular complexity index is 1030. The number of rotatable bonds is 3. The molecule has 126 valence electrons. The second-order valence-corrected chi connectivity index (χ2v) is 5.59. The number of amides is 1. The number of aryl methyl sites for hydroxylation is 2. The van der Waals surface area contributed by atoms with Crippen molar-refractivity contribution in [1.82, 2.24) is 14.3 Å². The first kappa shape index (κ1) is 16.4. The fourth-order valence-electron chi connectivity index (χ4n) is 2.43. The van der Waals surface area contributed by atoms with Gasteiger partial charge in [0.2, 0.25) is 0 Å². The number of hydrogen-bond acceptors (Lipinski definition) is 4. The van der Waals surface area contributed by atoms with Gasteiger partial charge in [0.25, 0.3) is 17.0 Å². The van der Waals surface area contributed by atoms with Gasteiger partial charge >= 0.3 is 0 Å². The smallest absolute Gasteiger partial charge is 0.276 e. The summed E-state index contributed by atoms with van der Waals surface area (Å²) in [6, 6.07) is 13.1. The van der Waals surface area contributed by atoms with Gasteiger partial charge in [0.15, 0.2) is 0 Å². The molecule has 0 bridgehead atoms. The Morgan fingerprint density at radius 1 is 1.08 bits per heavy atom. The second kappa shape index (κ2) is 6.56. The lowest BCUT2D eigenvalue weighted by Gasteiger charge is -2.09. The van der Waals surface area contributed by atoms with Gasteiger partial charge in [-0.2, -0.15) is 9.78 Å². The van der Waals surface area contributed by atoms with Crippen molar-refractivity contribution in [3.05, 3.63) is 86.7 Å². The Kier molecular flexibility index (Phi) is 4.30. The first-order chi connectivity index (χ1) is 12.0. The highest BCUT2D eigenvalue weighted by atomic mass is 16.2. The molecule has 0 saturated carbocycles. The van der Waals surface area contributed by atoms with Crippen LogP contribution in [-0.4, -0.2) is 20.3 Å². The van der Waals surface area contributed by atoms with Crippen molar-refractivity contribution >= 4 is 11.6 Å². The molecule has 0 saturated heterocycles. The van der Waals surface area contributed by atoms with Gasteiger partial charge in [0.1, 0.15) is 5.69 Å². The van der Waals surface area contributed by atoms with Crippen LogP contribution in [0.4, 0.5) is 5.69 Å². The molecule has 0 radical (unpaired) electrons. The number of para-hydroxylation sites is 1. The molecule has 2 aromatic heterocycles. The third-order valence-electron chi connectivity index (χ3n) is 3.65. The van der Waals surface area contributed by atoms with E-state index in [0.29, 0.717) is 16.9 Å². The van der Waals surface area contributed by atoms with Crippen LogP contribution in [0.1, 0.15) is 16.1 Å². The minimum Gasteiger partial charge on any atom is -0.319 e. The highest BCUT2D eigenvalue weighted by molar-refractivity contribution is 6.02. The molecule has 0 atom stereocenters. The van der Waals surface area contributed by atoms with Crippen molar-refractivity contribution in [3.63, 3.8) is 0 Å². The lowest BCUT2D eigenvalue weighted by atomic mass is 10.2. The van der Waals surface area contributed by atoms with Crippen molar-refractivity contribution in [2.24, 2.45) is 7.05 Å². The van der Waals surface area contributed by atoms with Crippen LogP contribution in [0.3, 0.4) is 0 Å². The fourth-order valence-corrected chi connectivity index (χ4v) is 2.43. The molecule has 0 aliphatic carbocycles. The van der Waals surface area contributed by atoms with E-state index in [9.17, 15) is 14.4 Å². The van der Waals surface area contributed by atoms with E-state index in [1.165, 1.54) is 27.6 Å². The molecule has 25 heavy (non-hydrogen) atoms. The van der Waals surface area contributed by atoms with Crippen molar-refractivity contribution in [1.29, 1.82) is 0 Å². The molecule has 0 spiro atoms. The lowest BCUT2D eigenvalue weighted by Crippen LogP contribution is -2.25. The molecule has 7 nitrogen and oxygen atoms in total. The standard InChI is InChI=1S/C18H16N4O3/c1-12-10-13(11-21(2)18(12)25)19-17(24)15-8-9-16(23)22(20-15)14-6-4-3-5-7-14/h3-11H,1-2H3,(H,19,24). The fraction of sp³-hybridized carbons (Fsp3) is 0.111. The van der Waals surface area contributed by atoms with E-state index < -0.39 is 5.91 Å². The van der Waals surface area contributed by atoms with E-state index >= 15 is 0 Å². The monoisotopic (exact) mass is 336 g/mol. The molecule has 0 unspecified atom stereocenters. The zero-order valence-corrected chi connectivity index (χ0v) is 13.8. The zero-order chi connectivity index (χ0) is 18.0. The molecule has 3 rings (SSSR count). The number of anilines is 1. The van der Waals surface area contributed by atoms with Crippen LogP contribution in [0.5, 0.6) is 0 Å². The molecule has 0 aliphatic rings. The van der Waals surface area contributed by atoms with E-state index in [2.05, 4.69) is 10.4 Å². The first-order valence-electron chi connectivity index (χ1n) is 7.60. The van der Waals surface area contributed by atoms with Gasteiger partial charge < -0.3 is 9.88 Å². The van der Waals surface area contributed by atoms with Crippen LogP contribution < -0.4 is 16.4 Å². The van der Waals surface area contributed by atoms with Gasteiger partial charge in [-0.15, -0.1) is 0 Å². The maximum atomic E-state index is 12.4. The number of aromatic nitrogens is 3. The van der Waals surface area contributed by atoms with E-state index in [1.54, 1.807) is 44.3 Å². The van der Waals surface area contributed by atoms with E-state index in [-0.39, 0.29) is 16.8 Å². The number of carbonyl (C=O) groups excluding carboxylic acids is 1. The van der Waals surface area contributed by atoms with Crippen molar-refractivity contribution < 1.29 is 4.79 Å². The quantitative estimate of drug-likeness (QED) is 0.785. The number of pyridine rings is 1. The van der Waals surface area contributed by atoms with Crippen LogP contribution >= 0.6 is 0 Å². The predicted octanol–water partition coefficient (Wildman–Crippen LogP) is 1.49. The lowest BCUT2D eigenvalue weighted by molar-refractivity contribution is 0.102. The summed E-state index contributed by atoms with van der Waals surface area (Å²) in [5.41, 5.74) is 1.19. The summed E-state index contributed by atoms with van der Waals surface area (Å²) < 4.78 is 2.56. The van der Waals surface area contributed by atoms with Crippen LogP contribution in [0, 0.1) is 6.92 Å². The average molecular weight is 336 g/mol. The summed E-state index contributed by atoms with van der Waals surface area (Å²) >= 11 is 0. The minimum atomic E-state index is -0.470. The van der Waals surface area contributed by atoms with Crippen molar-refractivity contribution in [3.8, 4) is 5.69 Å². The van der Waals surface area contributed by atoms with Crippen LogP contribution in [0.15, 0.2) is 64.3 Å². The summed E-state index contributed by atoms with van der Waals surface area (Å²) in [4.78, 5) is 36.2. The number of nitrogens with one attached hydrogen (secondary N) is 1. The highest BCUT2D eigenvalue weighted by Gasteiger charge is 2.12. The van der Waals surface area contributed by atoms with Crippen molar-refractivity contribution in [2.75, 3.05) is 5.32 Å². The van der Waals surface area contributed by atoms with Crippen LogP contribution in [-0.2, 0) is 7.05 Å². The second-order valence-electron chi connectivity index (χ2n) is 5.59. The minimum absolute atomic E-state index is 0.0926. The van der Waals surface area contributed by atoms with E-state index in [1.807, 2.05) is 6.07 Å². The SMILES string of the molecule is Cc1cc(NC(=O)c2ccc(=O)n(-c3ccccc3)n2)cn(C)c1=O. The summed E-state index contributed by atoms with van der Waals surface area (Å²) in [7, 11) is 1.61. The third kappa shape index (κ3) is 3.40. The maximum absolute atomic E-state index is 12.4. The summed E-state index contributed by atoms with van der Waals surface area (Å²) in [6.45, 7) is 1.67. The molecular formula is C18H16N4O3. The van der Waals surface area contributed by atoms with Gasteiger partial charge in [-0.25, -0.2) is 0 Å². The summed E-state index contributed by atoms with van der Waals surface area (Å²) in [5.74, 6) is -0.470. The molecule has 7 heteroatoms. The Labute approximate surface area is 143 Å². The molecule has 2 heterocycles. The molecule has 1 amide bonds. The van der Waals surface area contributed by atoms with Gasteiger partial charge in [-0.05, 0) is 31.2 Å². The van der Waals surface area contributed by atoms with Gasteiger partial charge in [0.05, 0.1) is 11.4 Å². The Morgan fingerprint density at radius 2 is 1.80 bits per heavy atom. The number of nitrogens with zero attached hydrogens (tertiary/aromatic N) is 3. The van der Waals surface area contributed by atoms with Gasteiger partial charge in [-0.3, -0.25) is 14.4 Å². The van der Waals surface area contributed by atoms with E-state index in [4.69, 9.17) is 0 Å². The number of benzene rings is 1. The molecule has 3 aromatic rings. The number of hydrogen-bond donors (Lipinski definition) is 1. The van der Waals surface area contributed by atoms with Crippen LogP contribution in [0.25, 0.3) is 5.69 Å². The predicted molar refractivity (Wildman–Crippen MR) is 94.2 cm³/mol. The largest absolute Gasteiger partial charge is 0.319 e. The Hall–Kier alpha value is -3.48. The number of carbonyl (C=O) groups is 1. The maximum Gasteiger partial charge on any atom is 0.276 e. The Morgan fingerprint density at radius 3 is 2.48 bits per heavy atom. The molecule has 0 aliphatic heterocycles. The molecule has 0 fully saturated rings.